The second-order valence-electron chi connectivity index (χ2n) is 6.14. The summed E-state index contributed by atoms with van der Waals surface area (Å²) >= 11 is -3.11. The van der Waals surface area contributed by atoms with Crippen LogP contribution < -0.4 is 9.13 Å². The molecule has 2 aromatic rings. The third-order valence-corrected chi connectivity index (χ3v) is 3.66. The monoisotopic (exact) mass is 380 g/mol. The highest BCUT2D eigenvalue weighted by Crippen LogP contribution is 1.92. The highest BCUT2D eigenvalue weighted by molar-refractivity contribution is 7.72. The minimum atomic E-state index is -3.11. The van der Waals surface area contributed by atoms with Crippen molar-refractivity contribution in [2.45, 2.75) is 66.5 Å². The number of hydrogen-bond donors (Lipinski definition) is 0. The molecular weight excluding hydrogens is 348 g/mol. The Bertz CT molecular complexity index is 548. The third kappa shape index (κ3) is 14.7. The Morgan fingerprint density at radius 2 is 1.04 bits per heavy atom. The van der Waals surface area contributed by atoms with E-state index in [0.29, 0.717) is 0 Å². The van der Waals surface area contributed by atoms with Gasteiger partial charge in [0.15, 0.2) is 24.8 Å². The number of nitrogens with zero attached hydrogens (tertiary/aromatic N) is 2. The summed E-state index contributed by atoms with van der Waals surface area (Å²) in [7, 11) is 0. The fourth-order valence-electron chi connectivity index (χ4n) is 2.04. The van der Waals surface area contributed by atoms with Crippen molar-refractivity contribution in [2.75, 3.05) is 0 Å². The molecule has 0 fully saturated rings. The molecule has 0 aromatic carbocycles. The molecule has 0 aliphatic rings. The molecule has 0 N–H and O–H groups in total. The molecule has 2 rings (SSSR count). The van der Waals surface area contributed by atoms with Crippen LogP contribution in [0, 0.1) is 13.8 Å². The molecule has 0 unspecified atom stereocenters. The zero-order valence-corrected chi connectivity index (χ0v) is 17.2. The number of aryl methyl sites for hydroxylation is 4. The molecule has 0 atom stereocenters. The molecule has 146 valence electrons. The molecule has 0 spiro atoms. The SMILES string of the molecule is CCCC[n+]1ccc(C)cc1.CCCC[n+]1ccc(C)cc1.O=S([O-])[O-]. The first-order chi connectivity index (χ1) is 12.4. The van der Waals surface area contributed by atoms with E-state index in [0.717, 1.165) is 13.1 Å². The predicted octanol–water partition coefficient (Wildman–Crippen LogP) is 3.16. The molecule has 0 bridgehead atoms. The van der Waals surface area contributed by atoms with Gasteiger partial charge in [-0.1, -0.05) is 26.7 Å². The van der Waals surface area contributed by atoms with Gasteiger partial charge in [0.2, 0.25) is 0 Å². The summed E-state index contributed by atoms with van der Waals surface area (Å²) in [4.78, 5) is 0. The second kappa shape index (κ2) is 15.6. The first-order valence-corrected chi connectivity index (χ1v) is 10.1. The van der Waals surface area contributed by atoms with Crippen LogP contribution in [0.1, 0.15) is 50.7 Å². The van der Waals surface area contributed by atoms with E-state index in [4.69, 9.17) is 13.3 Å². The molecule has 0 aliphatic heterocycles. The first-order valence-electron chi connectivity index (χ1n) is 9.07. The highest BCUT2D eigenvalue weighted by Gasteiger charge is 1.96. The van der Waals surface area contributed by atoms with Crippen LogP contribution in [-0.2, 0) is 24.5 Å². The summed E-state index contributed by atoms with van der Waals surface area (Å²) in [5, 5.41) is 0. The molecule has 26 heavy (non-hydrogen) atoms. The Morgan fingerprint density at radius 3 is 1.27 bits per heavy atom. The molecule has 0 aliphatic carbocycles. The summed E-state index contributed by atoms with van der Waals surface area (Å²) in [5.74, 6) is 0. The largest absolute Gasteiger partial charge is 0.784 e. The van der Waals surface area contributed by atoms with Crippen LogP contribution in [0.3, 0.4) is 0 Å². The van der Waals surface area contributed by atoms with Crippen molar-refractivity contribution in [3.05, 3.63) is 60.2 Å². The predicted molar refractivity (Wildman–Crippen MR) is 102 cm³/mol. The average Bonchev–Trinajstić information content (AvgIpc) is 2.61. The Kier molecular flexibility index (Phi) is 14.6. The van der Waals surface area contributed by atoms with Gasteiger partial charge in [-0.25, -0.2) is 9.13 Å². The maximum atomic E-state index is 8.44. The summed E-state index contributed by atoms with van der Waals surface area (Å²) < 4.78 is 29.8. The number of unbranched alkanes of at least 4 members (excludes halogenated alkanes) is 2. The van der Waals surface area contributed by atoms with Crippen LogP contribution in [0.25, 0.3) is 0 Å². The van der Waals surface area contributed by atoms with E-state index in [1.807, 2.05) is 0 Å². The van der Waals surface area contributed by atoms with Crippen molar-refractivity contribution in [1.29, 1.82) is 0 Å². The second-order valence-corrected chi connectivity index (χ2v) is 6.55. The van der Waals surface area contributed by atoms with Crippen LogP contribution in [0.5, 0.6) is 0 Å². The number of aromatic nitrogens is 2. The van der Waals surface area contributed by atoms with E-state index < -0.39 is 11.4 Å². The summed E-state index contributed by atoms with van der Waals surface area (Å²) in [6.45, 7) is 11.0. The van der Waals surface area contributed by atoms with Gasteiger partial charge in [-0.15, -0.1) is 11.4 Å². The zero-order chi connectivity index (χ0) is 19.8. The van der Waals surface area contributed by atoms with Gasteiger partial charge < -0.3 is 9.11 Å². The first kappa shape index (κ1) is 24.4. The molecule has 0 saturated carbocycles. The standard InChI is InChI=1S/2C10H16N.H2O3S/c2*1-3-4-7-11-8-5-10(2)6-9-11;1-4(2)3/h2*5-6,8-9H,3-4,7H2,1-2H3;(H2,1,2,3)/q2*+1;/p-2. The van der Waals surface area contributed by atoms with Gasteiger partial charge in [-0.2, -0.15) is 0 Å². The Morgan fingerprint density at radius 1 is 0.769 bits per heavy atom. The lowest BCUT2D eigenvalue weighted by Gasteiger charge is -2.03. The number of hydrogen-bond acceptors (Lipinski definition) is 3. The fraction of sp³-hybridized carbons (Fsp3) is 0.500. The Hall–Kier alpha value is -1.63. The lowest BCUT2D eigenvalue weighted by Crippen LogP contribution is -2.32. The lowest BCUT2D eigenvalue weighted by atomic mass is 10.3. The molecule has 6 heteroatoms. The van der Waals surface area contributed by atoms with Crippen LogP contribution in [-0.4, -0.2) is 13.3 Å². The van der Waals surface area contributed by atoms with E-state index in [1.54, 1.807) is 0 Å². The molecule has 0 amide bonds. The van der Waals surface area contributed by atoms with E-state index in [2.05, 4.69) is 85.9 Å². The van der Waals surface area contributed by atoms with Crippen LogP contribution in [0.4, 0.5) is 0 Å². The van der Waals surface area contributed by atoms with Gasteiger partial charge >= 0.3 is 0 Å². The van der Waals surface area contributed by atoms with Crippen molar-refractivity contribution in [3.63, 3.8) is 0 Å². The summed E-state index contributed by atoms with van der Waals surface area (Å²) in [6.07, 6.45) is 13.6. The average molecular weight is 381 g/mol. The number of pyridine rings is 2. The molecule has 2 heterocycles. The van der Waals surface area contributed by atoms with E-state index in [-0.39, 0.29) is 0 Å². The molecule has 0 saturated heterocycles. The minimum absolute atomic E-state index is 1.15. The van der Waals surface area contributed by atoms with E-state index in [9.17, 15) is 0 Å². The maximum Gasteiger partial charge on any atom is 0.169 e. The smallest absolute Gasteiger partial charge is 0.169 e. The normalized spacial score (nSPS) is 9.81. The van der Waals surface area contributed by atoms with E-state index in [1.165, 1.54) is 36.8 Å². The topological polar surface area (TPSA) is 71.0 Å². The van der Waals surface area contributed by atoms with Gasteiger partial charge in [0.05, 0.1) is 0 Å². The number of rotatable bonds is 6. The maximum absolute atomic E-state index is 8.44. The van der Waals surface area contributed by atoms with Crippen molar-refractivity contribution >= 4 is 11.4 Å². The summed E-state index contributed by atoms with van der Waals surface area (Å²) in [6, 6.07) is 8.59. The van der Waals surface area contributed by atoms with Gasteiger partial charge in [0.1, 0.15) is 13.1 Å². The molecular formula is C20H32N2O3S. The Labute approximate surface area is 160 Å². The van der Waals surface area contributed by atoms with Crippen molar-refractivity contribution in [1.82, 2.24) is 0 Å². The fourth-order valence-corrected chi connectivity index (χ4v) is 2.04. The molecule has 0 radical (unpaired) electrons. The van der Waals surface area contributed by atoms with Gasteiger partial charge in [-0.05, 0) is 25.0 Å². The molecule has 5 nitrogen and oxygen atoms in total. The minimum Gasteiger partial charge on any atom is -0.784 e. The van der Waals surface area contributed by atoms with Crippen molar-refractivity contribution in [3.8, 4) is 0 Å². The zero-order valence-electron chi connectivity index (χ0n) is 16.4. The van der Waals surface area contributed by atoms with Crippen LogP contribution in [0.15, 0.2) is 49.1 Å². The van der Waals surface area contributed by atoms with Crippen molar-refractivity contribution < 1.29 is 22.4 Å². The lowest BCUT2D eigenvalue weighted by molar-refractivity contribution is -0.697. The third-order valence-electron chi connectivity index (χ3n) is 3.66. The summed E-state index contributed by atoms with van der Waals surface area (Å²) in [5.41, 5.74) is 2.66. The highest BCUT2D eigenvalue weighted by atomic mass is 32.2. The van der Waals surface area contributed by atoms with Gasteiger partial charge in [0.25, 0.3) is 0 Å². The van der Waals surface area contributed by atoms with Crippen LogP contribution in [0.2, 0.25) is 0 Å². The quantitative estimate of drug-likeness (QED) is 0.571. The Balaban J connectivity index is 0.000000401. The van der Waals surface area contributed by atoms with Crippen molar-refractivity contribution in [2.24, 2.45) is 0 Å². The van der Waals surface area contributed by atoms with E-state index >= 15 is 0 Å². The van der Waals surface area contributed by atoms with Gasteiger partial charge in [-0.3, -0.25) is 4.21 Å². The molecule has 2 aromatic heterocycles. The van der Waals surface area contributed by atoms with Crippen LogP contribution >= 0.6 is 0 Å². The van der Waals surface area contributed by atoms with Gasteiger partial charge in [0, 0.05) is 37.1 Å².